The number of hydrogen-bond acceptors (Lipinski definition) is 4. The van der Waals surface area contributed by atoms with Crippen LogP contribution in [0.25, 0.3) is 0 Å². The van der Waals surface area contributed by atoms with Crippen LogP contribution in [0.4, 0.5) is 5.69 Å². The summed E-state index contributed by atoms with van der Waals surface area (Å²) in [6.45, 7) is 5.32. The van der Waals surface area contributed by atoms with Crippen molar-refractivity contribution in [2.45, 2.75) is 82.3 Å². The summed E-state index contributed by atoms with van der Waals surface area (Å²) < 4.78 is 29.0. The van der Waals surface area contributed by atoms with Gasteiger partial charge in [-0.05, 0) is 73.2 Å². The van der Waals surface area contributed by atoms with Crippen molar-refractivity contribution in [1.82, 2.24) is 10.2 Å². The summed E-state index contributed by atoms with van der Waals surface area (Å²) in [7, 11) is -4.12. The number of hydrogen-bond donors (Lipinski definition) is 1. The maximum absolute atomic E-state index is 14.2. The van der Waals surface area contributed by atoms with Gasteiger partial charge < -0.3 is 10.2 Å². The topological polar surface area (TPSA) is 86.8 Å². The number of rotatable bonds is 11. The summed E-state index contributed by atoms with van der Waals surface area (Å²) in [5.41, 5.74) is 2.07. The molecule has 0 saturated heterocycles. The number of nitrogens with zero attached hydrogens (tertiary/aromatic N) is 2. The van der Waals surface area contributed by atoms with Gasteiger partial charge >= 0.3 is 0 Å². The minimum absolute atomic E-state index is 0.0422. The fourth-order valence-electron chi connectivity index (χ4n) is 5.26. The van der Waals surface area contributed by atoms with Gasteiger partial charge in [-0.25, -0.2) is 8.42 Å². The van der Waals surface area contributed by atoms with Crippen LogP contribution in [0.1, 0.15) is 69.9 Å². The number of halogens is 2. The Hall–Kier alpha value is -3.07. The lowest BCUT2D eigenvalue weighted by atomic mass is 9.95. The largest absolute Gasteiger partial charge is 0.352 e. The number of carbonyl (C=O) groups is 2. The Morgan fingerprint density at radius 1 is 0.884 bits per heavy atom. The van der Waals surface area contributed by atoms with Crippen LogP contribution in [-0.4, -0.2) is 43.8 Å². The quantitative estimate of drug-likeness (QED) is 0.240. The first-order chi connectivity index (χ1) is 20.5. The van der Waals surface area contributed by atoms with E-state index in [1.54, 1.807) is 55.5 Å². The van der Waals surface area contributed by atoms with Crippen molar-refractivity contribution in [2.24, 2.45) is 0 Å². The van der Waals surface area contributed by atoms with E-state index in [4.69, 9.17) is 23.2 Å². The van der Waals surface area contributed by atoms with Gasteiger partial charge in [-0.2, -0.15) is 0 Å². The second-order valence-corrected chi connectivity index (χ2v) is 14.0. The summed E-state index contributed by atoms with van der Waals surface area (Å²) in [6.07, 6.45) is 5.04. The third-order valence-corrected chi connectivity index (χ3v) is 10.4. The molecule has 0 aliphatic heterocycles. The van der Waals surface area contributed by atoms with Crippen molar-refractivity contribution in [3.63, 3.8) is 0 Å². The van der Waals surface area contributed by atoms with Crippen LogP contribution in [0.15, 0.2) is 77.7 Å². The van der Waals surface area contributed by atoms with E-state index in [2.05, 4.69) is 19.2 Å². The summed E-state index contributed by atoms with van der Waals surface area (Å²) in [5.74, 6) is -0.552. The molecular weight excluding hydrogens is 605 g/mol. The molecule has 0 aromatic heterocycles. The van der Waals surface area contributed by atoms with E-state index < -0.39 is 28.5 Å². The Morgan fingerprint density at radius 2 is 1.53 bits per heavy atom. The number of anilines is 1. The highest BCUT2D eigenvalue weighted by atomic mass is 35.5. The molecule has 1 aliphatic carbocycles. The van der Waals surface area contributed by atoms with Crippen molar-refractivity contribution in [2.75, 3.05) is 10.8 Å². The lowest BCUT2D eigenvalue weighted by Crippen LogP contribution is -2.53. The highest BCUT2D eigenvalue weighted by Crippen LogP contribution is 2.28. The van der Waals surface area contributed by atoms with Gasteiger partial charge in [0.2, 0.25) is 11.8 Å². The highest BCUT2D eigenvalue weighted by Gasteiger charge is 2.33. The summed E-state index contributed by atoms with van der Waals surface area (Å²) in [4.78, 5) is 29.1. The van der Waals surface area contributed by atoms with Crippen molar-refractivity contribution in [3.8, 4) is 0 Å². The molecule has 3 aromatic carbocycles. The molecule has 1 aliphatic rings. The van der Waals surface area contributed by atoms with E-state index in [9.17, 15) is 18.0 Å². The number of carbonyl (C=O) groups excluding carboxylic acids is 2. The molecule has 1 N–H and O–H groups in total. The monoisotopic (exact) mass is 643 g/mol. The minimum Gasteiger partial charge on any atom is -0.352 e. The van der Waals surface area contributed by atoms with Crippen LogP contribution in [-0.2, 0) is 26.2 Å². The van der Waals surface area contributed by atoms with Crippen molar-refractivity contribution >= 4 is 50.7 Å². The zero-order chi connectivity index (χ0) is 31.1. The van der Waals surface area contributed by atoms with Gasteiger partial charge in [-0.3, -0.25) is 13.9 Å². The van der Waals surface area contributed by atoms with Gasteiger partial charge in [0.05, 0.1) is 20.6 Å². The van der Waals surface area contributed by atoms with Crippen LogP contribution in [0, 0.1) is 0 Å². The van der Waals surface area contributed by atoms with Crippen molar-refractivity contribution in [3.05, 3.63) is 94.0 Å². The van der Waals surface area contributed by atoms with Crippen molar-refractivity contribution in [1.29, 1.82) is 0 Å². The number of benzene rings is 3. The molecule has 3 aromatic rings. The highest BCUT2D eigenvalue weighted by molar-refractivity contribution is 7.92. The second kappa shape index (κ2) is 14.6. The van der Waals surface area contributed by atoms with Crippen molar-refractivity contribution < 1.29 is 18.0 Å². The lowest BCUT2D eigenvalue weighted by molar-refractivity contribution is -0.139. The predicted octanol–water partition coefficient (Wildman–Crippen LogP) is 7.18. The zero-order valence-corrected chi connectivity index (χ0v) is 27.1. The van der Waals surface area contributed by atoms with E-state index in [0.717, 1.165) is 42.0 Å². The van der Waals surface area contributed by atoms with Gasteiger partial charge in [-0.15, -0.1) is 0 Å². The number of amides is 2. The third-order valence-electron chi connectivity index (χ3n) is 7.91. The fourth-order valence-corrected chi connectivity index (χ4v) is 7.02. The van der Waals surface area contributed by atoms with E-state index >= 15 is 0 Å². The Labute approximate surface area is 265 Å². The summed E-state index contributed by atoms with van der Waals surface area (Å²) in [6, 6.07) is 19.4. The van der Waals surface area contributed by atoms with Gasteiger partial charge in [0.25, 0.3) is 10.0 Å². The number of nitrogens with one attached hydrogen (secondary N) is 1. The van der Waals surface area contributed by atoms with Crippen LogP contribution in [0.2, 0.25) is 10.0 Å². The normalized spacial score (nSPS) is 14.7. The van der Waals surface area contributed by atoms with Gasteiger partial charge in [0, 0.05) is 12.6 Å². The Bertz CT molecular complexity index is 1510. The molecular formula is C33H39Cl2N3O4S. The van der Waals surface area contributed by atoms with Gasteiger partial charge in [0.1, 0.15) is 12.6 Å². The maximum Gasteiger partial charge on any atom is 0.264 e. The van der Waals surface area contributed by atoms with E-state index in [1.165, 1.54) is 17.0 Å². The van der Waals surface area contributed by atoms with Crippen LogP contribution < -0.4 is 9.62 Å². The van der Waals surface area contributed by atoms with Crippen LogP contribution >= 0.6 is 23.2 Å². The summed E-state index contributed by atoms with van der Waals surface area (Å²) in [5, 5.41) is 3.80. The number of sulfonamides is 1. The first-order valence-corrected chi connectivity index (χ1v) is 16.9. The second-order valence-electron chi connectivity index (χ2n) is 11.4. The Kier molecular flexibility index (Phi) is 11.2. The van der Waals surface area contributed by atoms with Crippen LogP contribution in [0.5, 0.6) is 0 Å². The predicted molar refractivity (Wildman–Crippen MR) is 173 cm³/mol. The molecule has 230 valence electrons. The zero-order valence-electron chi connectivity index (χ0n) is 24.8. The molecule has 1 fully saturated rings. The molecule has 10 heteroatoms. The SMILES string of the molecule is CC(C)c1ccc(N(CC(=O)N(Cc2ccc(Cl)c(Cl)c2)[C@H](C)C(=O)NC2CCCCC2)S(=O)(=O)c2ccccc2)cc1. The molecule has 0 heterocycles. The molecule has 1 saturated carbocycles. The molecule has 7 nitrogen and oxygen atoms in total. The third kappa shape index (κ3) is 8.31. The first-order valence-electron chi connectivity index (χ1n) is 14.7. The maximum atomic E-state index is 14.2. The molecule has 0 spiro atoms. The summed E-state index contributed by atoms with van der Waals surface area (Å²) >= 11 is 12.4. The average Bonchev–Trinajstić information content (AvgIpc) is 3.00. The van der Waals surface area contributed by atoms with Crippen LogP contribution in [0.3, 0.4) is 0 Å². The fraction of sp³-hybridized carbons (Fsp3) is 0.394. The van der Waals surface area contributed by atoms with E-state index in [-0.39, 0.29) is 29.3 Å². The molecule has 2 amide bonds. The molecule has 0 radical (unpaired) electrons. The average molecular weight is 645 g/mol. The Morgan fingerprint density at radius 3 is 2.14 bits per heavy atom. The standard InChI is InChI=1S/C33H39Cl2N3O4S/c1-23(2)26-15-17-28(18-16-26)38(43(41,42)29-12-8-5-9-13-29)22-32(39)37(21-25-14-19-30(34)31(35)20-25)24(3)33(40)36-27-10-6-4-7-11-27/h5,8-9,12-20,23-24,27H,4,6-7,10-11,21-22H2,1-3H3,(H,36,40)/t24-/m1/s1. The first kappa shape index (κ1) is 32.8. The molecule has 4 rings (SSSR count). The minimum atomic E-state index is -4.12. The van der Waals surface area contributed by atoms with E-state index in [0.29, 0.717) is 21.3 Å². The van der Waals surface area contributed by atoms with Gasteiger partial charge in [-0.1, -0.05) is 92.7 Å². The molecule has 1 atom stereocenters. The van der Waals surface area contributed by atoms with E-state index in [1.807, 2.05) is 12.1 Å². The Balaban J connectivity index is 1.69. The molecule has 0 bridgehead atoms. The lowest BCUT2D eigenvalue weighted by Gasteiger charge is -2.33. The smallest absolute Gasteiger partial charge is 0.264 e. The molecule has 0 unspecified atom stereocenters. The molecule has 43 heavy (non-hydrogen) atoms. The van der Waals surface area contributed by atoms with Gasteiger partial charge in [0.15, 0.2) is 0 Å².